The van der Waals surface area contributed by atoms with Crippen LogP contribution in [-0.4, -0.2) is 34.2 Å². The predicted octanol–water partition coefficient (Wildman–Crippen LogP) is 7.30. The third kappa shape index (κ3) is 7.02. The smallest absolute Gasteiger partial charge is 0.335 e. The molecule has 1 fully saturated rings. The Kier molecular flexibility index (Phi) is 9.26. The van der Waals surface area contributed by atoms with Crippen LogP contribution < -0.4 is 9.47 Å². The van der Waals surface area contributed by atoms with Crippen LogP contribution in [0.25, 0.3) is 6.08 Å². The normalized spacial score (nSPS) is 14.9. The first-order chi connectivity index (χ1) is 20.4. The monoisotopic (exact) mass is 598 g/mol. The van der Waals surface area contributed by atoms with Crippen molar-refractivity contribution < 1.29 is 24.2 Å². The number of benzene rings is 4. The molecule has 7 nitrogen and oxygen atoms in total. The first kappa shape index (κ1) is 29.0. The van der Waals surface area contributed by atoms with E-state index in [1.54, 1.807) is 41.3 Å². The average Bonchev–Trinajstić information content (AvgIpc) is 3.29. The third-order valence-corrected chi connectivity index (χ3v) is 7.74. The summed E-state index contributed by atoms with van der Waals surface area (Å²) in [6.45, 7) is 0.954. The molecular weight excluding hydrogens is 572 g/mol. The minimum atomic E-state index is -1.01. The molecule has 1 amide bonds. The molecule has 0 aromatic heterocycles. The molecule has 0 atom stereocenters. The standard InChI is InChI=1S/C33H27ClN2O5S/c1-40-28-17-25(16-27(34)30(28)41-21-24-13-8-14-26(15-24)32(38)39)18-29-31(37)36(20-23-11-6-3-7-12-23)33(42-29)35-19-22-9-4-2-5-10-22/h2-18H,19-21H2,1H3,(H,38,39)/b29-18+,35-33?. The fourth-order valence-electron chi connectivity index (χ4n) is 4.34. The van der Waals surface area contributed by atoms with Crippen molar-refractivity contribution in [1.82, 2.24) is 4.90 Å². The van der Waals surface area contributed by atoms with Gasteiger partial charge >= 0.3 is 5.97 Å². The Bertz CT molecular complexity index is 1660. The van der Waals surface area contributed by atoms with Gasteiger partial charge in [-0.1, -0.05) is 84.4 Å². The van der Waals surface area contributed by atoms with Crippen molar-refractivity contribution in [3.63, 3.8) is 0 Å². The maximum Gasteiger partial charge on any atom is 0.335 e. The van der Waals surface area contributed by atoms with Crippen LogP contribution in [0.3, 0.4) is 0 Å². The van der Waals surface area contributed by atoms with Crippen LogP contribution in [-0.2, 0) is 24.5 Å². The number of halogens is 1. The minimum Gasteiger partial charge on any atom is -0.493 e. The van der Waals surface area contributed by atoms with E-state index in [2.05, 4.69) is 0 Å². The summed E-state index contributed by atoms with van der Waals surface area (Å²) in [5.74, 6) is -0.453. The van der Waals surface area contributed by atoms with Gasteiger partial charge in [0.1, 0.15) is 6.61 Å². The lowest BCUT2D eigenvalue weighted by Gasteiger charge is -2.16. The van der Waals surface area contributed by atoms with Gasteiger partial charge in [-0.15, -0.1) is 0 Å². The lowest BCUT2D eigenvalue weighted by Crippen LogP contribution is -2.28. The predicted molar refractivity (Wildman–Crippen MR) is 166 cm³/mol. The summed E-state index contributed by atoms with van der Waals surface area (Å²) in [6.07, 6.45) is 1.77. The minimum absolute atomic E-state index is 0.0989. The van der Waals surface area contributed by atoms with Crippen LogP contribution >= 0.6 is 23.4 Å². The number of rotatable bonds is 10. The van der Waals surface area contributed by atoms with Crippen LogP contribution in [0.1, 0.15) is 32.6 Å². The zero-order chi connectivity index (χ0) is 29.5. The summed E-state index contributed by atoms with van der Waals surface area (Å²) in [6, 6.07) is 29.6. The number of thioether (sulfide) groups is 1. The highest BCUT2D eigenvalue weighted by Crippen LogP contribution is 2.40. The van der Waals surface area contributed by atoms with E-state index in [0.717, 1.165) is 11.1 Å². The van der Waals surface area contributed by atoms with E-state index in [1.165, 1.54) is 24.9 Å². The van der Waals surface area contributed by atoms with Gasteiger partial charge in [-0.05, 0) is 64.4 Å². The van der Waals surface area contributed by atoms with Crippen molar-refractivity contribution in [2.45, 2.75) is 19.7 Å². The number of aliphatic imine (C=N–C) groups is 1. The van der Waals surface area contributed by atoms with E-state index in [1.807, 2.05) is 60.7 Å². The van der Waals surface area contributed by atoms with Gasteiger partial charge in [0, 0.05) is 0 Å². The van der Waals surface area contributed by atoms with Crippen molar-refractivity contribution in [1.29, 1.82) is 0 Å². The quantitative estimate of drug-likeness (QED) is 0.193. The Morgan fingerprint density at radius 3 is 2.33 bits per heavy atom. The Morgan fingerprint density at radius 2 is 1.64 bits per heavy atom. The number of hydrogen-bond acceptors (Lipinski definition) is 6. The van der Waals surface area contributed by atoms with E-state index in [4.69, 9.17) is 26.1 Å². The molecule has 0 saturated carbocycles. The number of ether oxygens (including phenoxy) is 2. The topological polar surface area (TPSA) is 88.4 Å². The van der Waals surface area contributed by atoms with Crippen molar-refractivity contribution in [3.05, 3.63) is 135 Å². The Hall–Kier alpha value is -4.53. The number of nitrogens with zero attached hydrogens (tertiary/aromatic N) is 2. The number of hydrogen-bond donors (Lipinski definition) is 1. The SMILES string of the molecule is COc1cc(/C=C2/SC(=NCc3ccccc3)N(Cc3ccccc3)C2=O)cc(Cl)c1OCc1cccc(C(=O)O)c1. The number of carboxylic acid groups (broad SMARTS) is 1. The van der Waals surface area contributed by atoms with E-state index < -0.39 is 5.97 Å². The van der Waals surface area contributed by atoms with Gasteiger partial charge in [0.25, 0.3) is 5.91 Å². The van der Waals surface area contributed by atoms with E-state index in [0.29, 0.717) is 50.8 Å². The number of amidine groups is 1. The fraction of sp³-hybridized carbons (Fsp3) is 0.121. The van der Waals surface area contributed by atoms with Gasteiger partial charge < -0.3 is 14.6 Å². The third-order valence-electron chi connectivity index (χ3n) is 6.42. The molecule has 0 aliphatic carbocycles. The summed E-state index contributed by atoms with van der Waals surface area (Å²) in [4.78, 5) is 31.9. The van der Waals surface area contributed by atoms with Crippen molar-refractivity contribution >= 4 is 46.5 Å². The molecule has 4 aromatic carbocycles. The molecule has 1 heterocycles. The van der Waals surface area contributed by atoms with Crippen LogP contribution in [0.4, 0.5) is 0 Å². The molecule has 1 aliphatic heterocycles. The second kappa shape index (κ2) is 13.4. The molecule has 1 saturated heterocycles. The fourth-order valence-corrected chi connectivity index (χ4v) is 5.59. The Labute approximate surface area is 253 Å². The van der Waals surface area contributed by atoms with Gasteiger partial charge in [0.05, 0.1) is 35.7 Å². The van der Waals surface area contributed by atoms with Gasteiger partial charge in [-0.2, -0.15) is 0 Å². The van der Waals surface area contributed by atoms with Crippen LogP contribution in [0.5, 0.6) is 11.5 Å². The van der Waals surface area contributed by atoms with Gasteiger partial charge in [-0.3, -0.25) is 14.7 Å². The molecular formula is C33H27ClN2O5S. The first-order valence-electron chi connectivity index (χ1n) is 13.1. The second-order valence-corrected chi connectivity index (χ2v) is 10.8. The van der Waals surface area contributed by atoms with Gasteiger partial charge in [0.15, 0.2) is 16.7 Å². The number of carbonyl (C=O) groups excluding carboxylic acids is 1. The van der Waals surface area contributed by atoms with Gasteiger partial charge in [0.2, 0.25) is 0 Å². The summed E-state index contributed by atoms with van der Waals surface area (Å²) < 4.78 is 11.5. The van der Waals surface area contributed by atoms with Crippen molar-refractivity contribution in [2.24, 2.45) is 4.99 Å². The summed E-state index contributed by atoms with van der Waals surface area (Å²) >= 11 is 7.93. The van der Waals surface area contributed by atoms with Crippen molar-refractivity contribution in [3.8, 4) is 11.5 Å². The molecule has 5 rings (SSSR count). The van der Waals surface area contributed by atoms with E-state index >= 15 is 0 Å². The number of carboxylic acids is 1. The van der Waals surface area contributed by atoms with Crippen LogP contribution in [0, 0.1) is 0 Å². The highest BCUT2D eigenvalue weighted by molar-refractivity contribution is 8.18. The molecule has 9 heteroatoms. The molecule has 4 aromatic rings. The highest BCUT2D eigenvalue weighted by Gasteiger charge is 2.33. The molecule has 1 aliphatic rings. The Balaban J connectivity index is 1.40. The largest absolute Gasteiger partial charge is 0.493 e. The Morgan fingerprint density at radius 1 is 0.952 bits per heavy atom. The molecule has 0 bridgehead atoms. The van der Waals surface area contributed by atoms with E-state index in [9.17, 15) is 14.7 Å². The second-order valence-electron chi connectivity index (χ2n) is 9.40. The molecule has 1 N–H and O–H groups in total. The maximum absolute atomic E-state index is 13.6. The summed E-state index contributed by atoms with van der Waals surface area (Å²) in [5, 5.41) is 10.2. The number of amides is 1. The zero-order valence-electron chi connectivity index (χ0n) is 22.7. The number of aromatic carboxylic acids is 1. The van der Waals surface area contributed by atoms with Crippen LogP contribution in [0.15, 0.2) is 107 Å². The molecule has 0 radical (unpaired) electrons. The van der Waals surface area contributed by atoms with Crippen molar-refractivity contribution in [2.75, 3.05) is 7.11 Å². The summed E-state index contributed by atoms with van der Waals surface area (Å²) in [7, 11) is 1.51. The molecule has 0 spiro atoms. The average molecular weight is 599 g/mol. The van der Waals surface area contributed by atoms with Crippen LogP contribution in [0.2, 0.25) is 5.02 Å². The van der Waals surface area contributed by atoms with E-state index in [-0.39, 0.29) is 18.1 Å². The number of carbonyl (C=O) groups is 2. The molecule has 42 heavy (non-hydrogen) atoms. The lowest BCUT2D eigenvalue weighted by molar-refractivity contribution is -0.122. The zero-order valence-corrected chi connectivity index (χ0v) is 24.3. The first-order valence-corrected chi connectivity index (χ1v) is 14.3. The molecule has 212 valence electrons. The molecule has 0 unspecified atom stereocenters. The highest BCUT2D eigenvalue weighted by atomic mass is 35.5. The maximum atomic E-state index is 13.6. The number of methoxy groups -OCH3 is 1. The van der Waals surface area contributed by atoms with Gasteiger partial charge in [-0.25, -0.2) is 4.79 Å². The lowest BCUT2D eigenvalue weighted by atomic mass is 10.1. The summed E-state index contributed by atoms with van der Waals surface area (Å²) in [5.41, 5.74) is 3.56.